The summed E-state index contributed by atoms with van der Waals surface area (Å²) in [6.07, 6.45) is 2.58. The van der Waals surface area contributed by atoms with Crippen LogP contribution in [0.5, 0.6) is 0 Å². The number of hydrogen-bond donors (Lipinski definition) is 1. The molecule has 1 aliphatic heterocycles. The molecule has 2 aromatic heterocycles. The summed E-state index contributed by atoms with van der Waals surface area (Å²) in [5, 5.41) is 10.0. The zero-order chi connectivity index (χ0) is 18.2. The van der Waals surface area contributed by atoms with Gasteiger partial charge in [0.1, 0.15) is 16.1 Å². The van der Waals surface area contributed by atoms with E-state index in [9.17, 15) is 16.8 Å². The maximum absolute atomic E-state index is 12.9. The van der Waals surface area contributed by atoms with Gasteiger partial charge in [0.05, 0.1) is 17.6 Å². The molecule has 0 unspecified atom stereocenters. The largest absolute Gasteiger partial charge is 0.363 e. The van der Waals surface area contributed by atoms with Crippen molar-refractivity contribution in [2.24, 2.45) is 0 Å². The van der Waals surface area contributed by atoms with Gasteiger partial charge >= 0.3 is 0 Å². The van der Waals surface area contributed by atoms with Gasteiger partial charge in [0.15, 0.2) is 0 Å². The zero-order valence-electron chi connectivity index (χ0n) is 13.8. The van der Waals surface area contributed by atoms with E-state index in [1.807, 2.05) is 0 Å². The molecule has 0 bridgehead atoms. The van der Waals surface area contributed by atoms with Gasteiger partial charge in [-0.2, -0.15) is 13.7 Å². The third-order valence-corrected chi connectivity index (χ3v) is 8.12. The normalized spacial score (nSPS) is 18.3. The molecule has 3 rings (SSSR count). The molecule has 3 heterocycles. The van der Waals surface area contributed by atoms with E-state index in [1.165, 1.54) is 8.61 Å². The summed E-state index contributed by atoms with van der Waals surface area (Å²) in [5.74, 6) is 0. The van der Waals surface area contributed by atoms with Crippen LogP contribution in [0.25, 0.3) is 0 Å². The van der Waals surface area contributed by atoms with Crippen LogP contribution in [0.4, 0.5) is 0 Å². The number of aromatic amines is 1. The fourth-order valence-electron chi connectivity index (χ4n) is 2.87. The number of nitrogens with one attached hydrogen (secondary N) is 1. The van der Waals surface area contributed by atoms with Gasteiger partial charge in [0, 0.05) is 26.2 Å². The molecule has 0 aromatic carbocycles. The smallest absolute Gasteiger partial charge is 0.247 e. The van der Waals surface area contributed by atoms with Gasteiger partial charge in [-0.1, -0.05) is 5.16 Å². The summed E-state index contributed by atoms with van der Waals surface area (Å²) >= 11 is 0. The Hall–Kier alpha value is -1.76. The van der Waals surface area contributed by atoms with Crippen LogP contribution in [-0.2, 0) is 20.0 Å². The summed E-state index contributed by atoms with van der Waals surface area (Å²) in [6, 6.07) is 0. The van der Waals surface area contributed by atoms with Gasteiger partial charge in [0.25, 0.3) is 0 Å². The maximum atomic E-state index is 12.9. The highest BCUT2D eigenvalue weighted by molar-refractivity contribution is 7.89. The number of aromatic nitrogens is 3. The monoisotopic (exact) mass is 389 g/mol. The summed E-state index contributed by atoms with van der Waals surface area (Å²) in [5.41, 5.74) is 0.867. The van der Waals surface area contributed by atoms with Crippen LogP contribution >= 0.6 is 0 Å². The zero-order valence-corrected chi connectivity index (χ0v) is 15.5. The van der Waals surface area contributed by atoms with E-state index in [1.54, 1.807) is 13.8 Å². The van der Waals surface area contributed by atoms with E-state index < -0.39 is 20.0 Å². The molecule has 2 aromatic rings. The van der Waals surface area contributed by atoms with Crippen molar-refractivity contribution in [2.45, 2.75) is 30.1 Å². The molecule has 0 radical (unpaired) electrons. The fraction of sp³-hybridized carbons (Fsp3) is 0.538. The highest BCUT2D eigenvalue weighted by Crippen LogP contribution is 2.24. The number of hydrogen-bond acceptors (Lipinski definition) is 7. The number of aryl methyl sites for hydroxylation is 2. The van der Waals surface area contributed by atoms with Crippen molar-refractivity contribution < 1.29 is 21.4 Å². The summed E-state index contributed by atoms with van der Waals surface area (Å²) < 4.78 is 58.0. The van der Waals surface area contributed by atoms with E-state index in [0.717, 1.165) is 12.5 Å². The maximum Gasteiger partial charge on any atom is 0.247 e. The minimum atomic E-state index is -3.74. The lowest BCUT2D eigenvalue weighted by Crippen LogP contribution is -2.37. The molecule has 138 valence electrons. The summed E-state index contributed by atoms with van der Waals surface area (Å²) in [6.45, 7) is 3.86. The van der Waals surface area contributed by atoms with E-state index >= 15 is 0 Å². The fourth-order valence-corrected chi connectivity index (χ4v) is 6.00. The third kappa shape index (κ3) is 3.21. The van der Waals surface area contributed by atoms with Gasteiger partial charge in [-0.15, -0.1) is 0 Å². The highest BCUT2D eigenvalue weighted by atomic mass is 32.2. The van der Waals surface area contributed by atoms with Crippen molar-refractivity contribution in [3.63, 3.8) is 0 Å². The van der Waals surface area contributed by atoms with Crippen molar-refractivity contribution in [1.29, 1.82) is 0 Å². The number of H-pyrrole nitrogens is 1. The molecule has 0 saturated carbocycles. The number of sulfonamides is 2. The standard InChI is InChI=1S/C13H19N5O5S2/c1-10-13(11(2)16-15-10)25(21,22)18-5-3-4-17(6-7-18)24(19,20)12-8-14-23-9-12/h8-9H,3-7H2,1-2H3,(H,15,16). The van der Waals surface area contributed by atoms with Crippen molar-refractivity contribution >= 4 is 20.0 Å². The first-order valence-corrected chi connectivity index (χ1v) is 10.5. The van der Waals surface area contributed by atoms with Gasteiger partial charge in [-0.25, -0.2) is 16.8 Å². The predicted molar refractivity (Wildman–Crippen MR) is 86.7 cm³/mol. The minimum absolute atomic E-state index is 0.0367. The van der Waals surface area contributed by atoms with Crippen LogP contribution in [0.1, 0.15) is 17.8 Å². The first-order valence-electron chi connectivity index (χ1n) is 7.66. The van der Waals surface area contributed by atoms with Gasteiger partial charge < -0.3 is 4.52 Å². The predicted octanol–water partition coefficient (Wildman–Crippen LogP) is 0.0998. The number of rotatable bonds is 4. The Morgan fingerprint density at radius 3 is 2.20 bits per heavy atom. The van der Waals surface area contributed by atoms with Crippen molar-refractivity contribution in [3.8, 4) is 0 Å². The molecule has 10 nitrogen and oxygen atoms in total. The van der Waals surface area contributed by atoms with E-state index in [4.69, 9.17) is 0 Å². The van der Waals surface area contributed by atoms with Crippen LogP contribution in [0, 0.1) is 13.8 Å². The Bertz CT molecular complexity index is 930. The van der Waals surface area contributed by atoms with Crippen molar-refractivity contribution in [3.05, 3.63) is 23.8 Å². The molecule has 0 atom stereocenters. The van der Waals surface area contributed by atoms with Gasteiger partial charge in [-0.3, -0.25) is 5.10 Å². The topological polar surface area (TPSA) is 129 Å². The van der Waals surface area contributed by atoms with Crippen LogP contribution in [0.2, 0.25) is 0 Å². The second-order valence-electron chi connectivity index (χ2n) is 5.79. The second-order valence-corrected chi connectivity index (χ2v) is 9.60. The average molecular weight is 389 g/mol. The molecule has 1 aliphatic rings. The molecule has 12 heteroatoms. The molecule has 0 amide bonds. The Balaban J connectivity index is 1.83. The lowest BCUT2D eigenvalue weighted by Gasteiger charge is -2.21. The third-order valence-electron chi connectivity index (χ3n) is 4.12. The Morgan fingerprint density at radius 1 is 1.04 bits per heavy atom. The molecule has 1 N–H and O–H groups in total. The summed E-state index contributed by atoms with van der Waals surface area (Å²) in [4.78, 5) is 0.119. The van der Waals surface area contributed by atoms with Gasteiger partial charge in [0.2, 0.25) is 20.0 Å². The molecule has 0 aliphatic carbocycles. The van der Waals surface area contributed by atoms with E-state index in [-0.39, 0.29) is 36.0 Å². The molecular weight excluding hydrogens is 370 g/mol. The first kappa shape index (κ1) is 18.0. The average Bonchev–Trinajstić information content (AvgIpc) is 3.11. The van der Waals surface area contributed by atoms with Crippen molar-refractivity contribution in [1.82, 2.24) is 24.0 Å². The van der Waals surface area contributed by atoms with Crippen LogP contribution in [0.15, 0.2) is 26.8 Å². The minimum Gasteiger partial charge on any atom is -0.363 e. The Morgan fingerprint density at radius 2 is 1.68 bits per heavy atom. The van der Waals surface area contributed by atoms with E-state index in [2.05, 4.69) is 19.9 Å². The quantitative estimate of drug-likeness (QED) is 0.785. The molecule has 25 heavy (non-hydrogen) atoms. The Labute approximate surface area is 145 Å². The molecule has 0 spiro atoms. The highest BCUT2D eigenvalue weighted by Gasteiger charge is 2.34. The molecule has 1 fully saturated rings. The van der Waals surface area contributed by atoms with Crippen LogP contribution < -0.4 is 0 Å². The van der Waals surface area contributed by atoms with Crippen LogP contribution in [-0.4, -0.2) is 67.0 Å². The van der Waals surface area contributed by atoms with Gasteiger partial charge in [-0.05, 0) is 20.3 Å². The molecule has 1 saturated heterocycles. The van der Waals surface area contributed by atoms with E-state index in [0.29, 0.717) is 17.8 Å². The lowest BCUT2D eigenvalue weighted by molar-refractivity contribution is 0.401. The summed E-state index contributed by atoms with van der Waals surface area (Å²) in [7, 11) is -7.48. The SMILES string of the molecule is Cc1n[nH]c(C)c1S(=O)(=O)N1CCCN(S(=O)(=O)c2cnoc2)CC1. The second kappa shape index (κ2) is 6.52. The lowest BCUT2D eigenvalue weighted by atomic mass is 10.4. The van der Waals surface area contributed by atoms with Crippen LogP contribution in [0.3, 0.4) is 0 Å². The Kier molecular flexibility index (Phi) is 4.70. The molecular formula is C13H19N5O5S2. The number of nitrogens with zero attached hydrogens (tertiary/aromatic N) is 4. The first-order chi connectivity index (χ1) is 11.7. The van der Waals surface area contributed by atoms with Crippen molar-refractivity contribution in [2.75, 3.05) is 26.2 Å².